The van der Waals surface area contributed by atoms with E-state index in [0.29, 0.717) is 16.1 Å². The van der Waals surface area contributed by atoms with Crippen molar-refractivity contribution < 1.29 is 9.21 Å². The first-order valence-corrected chi connectivity index (χ1v) is 7.46. The number of carbonyl (C=O) groups is 1. The van der Waals surface area contributed by atoms with Crippen LogP contribution in [0.3, 0.4) is 0 Å². The molecule has 0 saturated heterocycles. The lowest BCUT2D eigenvalue weighted by atomic mass is 10.1. The van der Waals surface area contributed by atoms with Gasteiger partial charge in [-0.3, -0.25) is 4.79 Å². The van der Waals surface area contributed by atoms with Gasteiger partial charge in [0.2, 0.25) is 0 Å². The minimum absolute atomic E-state index is 0.0359. The molecule has 0 fully saturated rings. The molecule has 106 valence electrons. The van der Waals surface area contributed by atoms with Gasteiger partial charge < -0.3 is 9.73 Å². The van der Waals surface area contributed by atoms with E-state index in [2.05, 4.69) is 5.32 Å². The zero-order valence-electron chi connectivity index (χ0n) is 11.2. The fourth-order valence-corrected chi connectivity index (χ4v) is 2.19. The molecule has 0 bridgehead atoms. The van der Waals surface area contributed by atoms with Crippen LogP contribution in [0, 0.1) is 15.1 Å². The van der Waals surface area contributed by atoms with Crippen molar-refractivity contribution >= 4 is 34.6 Å². The number of hydrogen-bond acceptors (Lipinski definition) is 3. The number of furan rings is 1. The lowest BCUT2D eigenvalue weighted by Gasteiger charge is -2.04. The monoisotopic (exact) mass is 392 g/mol. The molecule has 0 saturated carbocycles. The Labute approximate surface area is 136 Å². The molecule has 2 aromatic rings. The zero-order chi connectivity index (χ0) is 15.1. The van der Waals surface area contributed by atoms with Crippen molar-refractivity contribution in [2.75, 3.05) is 6.54 Å². The first-order chi connectivity index (χ1) is 10.2. The third-order valence-corrected chi connectivity index (χ3v) is 3.37. The van der Waals surface area contributed by atoms with Gasteiger partial charge in [-0.2, -0.15) is 5.26 Å². The van der Waals surface area contributed by atoms with Crippen molar-refractivity contribution in [1.82, 2.24) is 5.32 Å². The van der Waals surface area contributed by atoms with Gasteiger partial charge in [0.05, 0.1) is 0 Å². The summed E-state index contributed by atoms with van der Waals surface area (Å²) < 4.78 is 6.03. The summed E-state index contributed by atoms with van der Waals surface area (Å²) in [6.07, 6.45) is 2.17. The Hall–Kier alpha value is -2.07. The Morgan fingerprint density at radius 2 is 2.05 bits per heavy atom. The van der Waals surface area contributed by atoms with E-state index < -0.39 is 0 Å². The Bertz CT molecular complexity index is 684. The van der Waals surface area contributed by atoms with Gasteiger partial charge in [0.1, 0.15) is 17.4 Å². The number of rotatable bonds is 5. The molecule has 4 nitrogen and oxygen atoms in total. The number of amides is 1. The van der Waals surface area contributed by atoms with Crippen LogP contribution in [0.5, 0.6) is 0 Å². The molecule has 1 aromatic heterocycles. The average Bonchev–Trinajstić information content (AvgIpc) is 2.91. The van der Waals surface area contributed by atoms with E-state index >= 15 is 0 Å². The van der Waals surface area contributed by atoms with Crippen LogP contribution in [0.25, 0.3) is 6.08 Å². The third kappa shape index (κ3) is 4.76. The molecular weight excluding hydrogens is 379 g/mol. The van der Waals surface area contributed by atoms with E-state index in [-0.39, 0.29) is 11.5 Å². The second kappa shape index (κ2) is 7.64. The number of hydrogen-bond donors (Lipinski definition) is 1. The van der Waals surface area contributed by atoms with Crippen molar-refractivity contribution in [2.45, 2.75) is 6.42 Å². The van der Waals surface area contributed by atoms with Gasteiger partial charge in [0, 0.05) is 12.6 Å². The van der Waals surface area contributed by atoms with Crippen molar-refractivity contribution in [3.63, 3.8) is 0 Å². The zero-order valence-corrected chi connectivity index (χ0v) is 13.3. The number of nitriles is 1. The smallest absolute Gasteiger partial charge is 0.262 e. The summed E-state index contributed by atoms with van der Waals surface area (Å²) >= 11 is 2.03. The van der Waals surface area contributed by atoms with E-state index in [1.165, 1.54) is 6.08 Å². The van der Waals surface area contributed by atoms with Crippen molar-refractivity contribution in [2.24, 2.45) is 0 Å². The number of benzene rings is 1. The molecule has 0 aliphatic rings. The molecule has 1 aromatic carbocycles. The number of halogens is 1. The number of carbonyl (C=O) groups excluding carboxylic acids is 1. The van der Waals surface area contributed by atoms with Crippen LogP contribution in [-0.2, 0) is 11.2 Å². The molecule has 1 heterocycles. The highest BCUT2D eigenvalue weighted by molar-refractivity contribution is 14.1. The standard InChI is InChI=1S/C16H13IN2O2/c17-15-7-6-14(21-15)10-13(11-18)16(20)19-9-8-12-4-2-1-3-5-12/h1-7,10H,8-9H2,(H,19,20)/b13-10+. The Morgan fingerprint density at radius 1 is 1.29 bits per heavy atom. The number of nitrogens with one attached hydrogen (secondary N) is 1. The fraction of sp³-hybridized carbons (Fsp3) is 0.125. The summed E-state index contributed by atoms with van der Waals surface area (Å²) in [6, 6.07) is 15.2. The SMILES string of the molecule is N#C/C(=C\c1ccc(I)o1)C(=O)NCCc1ccccc1. The first kappa shape index (κ1) is 15.3. The molecule has 5 heteroatoms. The molecular formula is C16H13IN2O2. The molecule has 21 heavy (non-hydrogen) atoms. The molecule has 0 aliphatic carbocycles. The maximum atomic E-state index is 11.9. The minimum atomic E-state index is -0.389. The fourth-order valence-electron chi connectivity index (χ4n) is 1.76. The Balaban J connectivity index is 1.92. The highest BCUT2D eigenvalue weighted by Crippen LogP contribution is 2.13. The van der Waals surface area contributed by atoms with Gasteiger partial charge in [-0.1, -0.05) is 30.3 Å². The van der Waals surface area contributed by atoms with E-state index in [1.54, 1.807) is 12.1 Å². The highest BCUT2D eigenvalue weighted by atomic mass is 127. The summed E-state index contributed by atoms with van der Waals surface area (Å²) in [5, 5.41) is 11.8. The van der Waals surface area contributed by atoms with Gasteiger partial charge >= 0.3 is 0 Å². The molecule has 0 aliphatic heterocycles. The van der Waals surface area contributed by atoms with Crippen LogP contribution >= 0.6 is 22.6 Å². The predicted molar refractivity (Wildman–Crippen MR) is 88.2 cm³/mol. The van der Waals surface area contributed by atoms with E-state index in [4.69, 9.17) is 9.68 Å². The second-order valence-electron chi connectivity index (χ2n) is 4.30. The lowest BCUT2D eigenvalue weighted by Crippen LogP contribution is -2.26. The molecule has 0 atom stereocenters. The second-order valence-corrected chi connectivity index (χ2v) is 5.37. The molecule has 0 unspecified atom stereocenters. The average molecular weight is 392 g/mol. The third-order valence-electron chi connectivity index (χ3n) is 2.79. The van der Waals surface area contributed by atoms with Crippen LogP contribution in [0.2, 0.25) is 0 Å². The van der Waals surface area contributed by atoms with E-state index in [1.807, 2.05) is 59.0 Å². The molecule has 1 N–H and O–H groups in total. The van der Waals surface area contributed by atoms with E-state index in [9.17, 15) is 4.79 Å². The maximum absolute atomic E-state index is 11.9. The van der Waals surface area contributed by atoms with Crippen LogP contribution in [0.4, 0.5) is 0 Å². The summed E-state index contributed by atoms with van der Waals surface area (Å²) in [5.41, 5.74) is 1.18. The molecule has 2 rings (SSSR count). The first-order valence-electron chi connectivity index (χ1n) is 6.38. The van der Waals surface area contributed by atoms with Crippen LogP contribution in [0.15, 0.2) is 52.5 Å². The summed E-state index contributed by atoms with van der Waals surface area (Å²) in [7, 11) is 0. The van der Waals surface area contributed by atoms with Crippen molar-refractivity contribution in [1.29, 1.82) is 5.26 Å². The molecule has 0 radical (unpaired) electrons. The van der Waals surface area contributed by atoms with Gasteiger partial charge in [-0.15, -0.1) is 0 Å². The quantitative estimate of drug-likeness (QED) is 0.483. The largest absolute Gasteiger partial charge is 0.451 e. The van der Waals surface area contributed by atoms with E-state index in [0.717, 1.165) is 12.0 Å². The molecule has 1 amide bonds. The lowest BCUT2D eigenvalue weighted by molar-refractivity contribution is -0.117. The van der Waals surface area contributed by atoms with Crippen LogP contribution in [-0.4, -0.2) is 12.5 Å². The summed E-state index contributed by atoms with van der Waals surface area (Å²) in [6.45, 7) is 0.484. The van der Waals surface area contributed by atoms with Crippen LogP contribution < -0.4 is 5.32 Å². The maximum Gasteiger partial charge on any atom is 0.262 e. The van der Waals surface area contributed by atoms with Gasteiger partial charge in [-0.05, 0) is 46.7 Å². The predicted octanol–water partition coefficient (Wildman–Crippen LogP) is 3.15. The van der Waals surface area contributed by atoms with Crippen LogP contribution in [0.1, 0.15) is 11.3 Å². The normalized spacial score (nSPS) is 11.0. The Kier molecular flexibility index (Phi) is 5.58. The molecule has 0 spiro atoms. The topological polar surface area (TPSA) is 66.0 Å². The summed E-state index contributed by atoms with van der Waals surface area (Å²) in [5.74, 6) is 0.106. The van der Waals surface area contributed by atoms with Gasteiger partial charge in [-0.25, -0.2) is 0 Å². The van der Waals surface area contributed by atoms with Crippen molar-refractivity contribution in [3.8, 4) is 6.07 Å². The minimum Gasteiger partial charge on any atom is -0.451 e. The van der Waals surface area contributed by atoms with Crippen molar-refractivity contribution in [3.05, 3.63) is 63.1 Å². The Morgan fingerprint density at radius 3 is 2.67 bits per heavy atom. The highest BCUT2D eigenvalue weighted by Gasteiger charge is 2.09. The summed E-state index contributed by atoms with van der Waals surface area (Å²) in [4.78, 5) is 11.9. The number of nitrogens with zero attached hydrogens (tertiary/aromatic N) is 1. The van der Waals surface area contributed by atoms with Gasteiger partial charge in [0.25, 0.3) is 5.91 Å². The van der Waals surface area contributed by atoms with Gasteiger partial charge in [0.15, 0.2) is 3.77 Å².